The Bertz CT molecular complexity index is 256. The van der Waals surface area contributed by atoms with Crippen LogP contribution in [0.5, 0.6) is 0 Å². The van der Waals surface area contributed by atoms with E-state index in [-0.39, 0.29) is 6.10 Å². The highest BCUT2D eigenvalue weighted by Gasteiger charge is 2.09. The van der Waals surface area contributed by atoms with Crippen molar-refractivity contribution in [1.82, 2.24) is 0 Å². The van der Waals surface area contributed by atoms with Crippen LogP contribution in [0.2, 0.25) is 0 Å². The van der Waals surface area contributed by atoms with Crippen molar-refractivity contribution < 1.29 is 19.1 Å². The lowest BCUT2D eigenvalue weighted by Gasteiger charge is -2.13. The molecule has 0 heterocycles. The Hall–Kier alpha value is -1.32. The molecule has 0 spiro atoms. The van der Waals surface area contributed by atoms with E-state index < -0.39 is 11.9 Å². The first-order chi connectivity index (χ1) is 7.45. The molecule has 0 saturated carbocycles. The van der Waals surface area contributed by atoms with E-state index in [2.05, 4.69) is 18.6 Å². The predicted molar refractivity (Wildman–Crippen MR) is 60.8 cm³/mol. The van der Waals surface area contributed by atoms with Gasteiger partial charge in [-0.05, 0) is 26.2 Å². The smallest absolute Gasteiger partial charge is 0.331 e. The first kappa shape index (κ1) is 14.7. The lowest BCUT2D eigenvalue weighted by atomic mass is 10.1. The Morgan fingerprint density at radius 2 is 1.69 bits per heavy atom. The SMILES string of the molecule is CCOC(=O)/C=C/C(=O)OC(C)CC(C)C. The van der Waals surface area contributed by atoms with Crippen molar-refractivity contribution >= 4 is 11.9 Å². The number of hydrogen-bond acceptors (Lipinski definition) is 4. The van der Waals surface area contributed by atoms with Crippen molar-refractivity contribution in [2.24, 2.45) is 5.92 Å². The van der Waals surface area contributed by atoms with Gasteiger partial charge in [-0.2, -0.15) is 0 Å². The third-order valence-electron chi connectivity index (χ3n) is 1.76. The molecule has 0 rings (SSSR count). The molecular formula is C12H20O4. The summed E-state index contributed by atoms with van der Waals surface area (Å²) in [6, 6.07) is 0. The Kier molecular flexibility index (Phi) is 7.25. The molecule has 0 aliphatic rings. The molecule has 4 nitrogen and oxygen atoms in total. The van der Waals surface area contributed by atoms with E-state index in [4.69, 9.17) is 4.74 Å². The molecule has 0 radical (unpaired) electrons. The minimum atomic E-state index is -0.532. The fourth-order valence-electron chi connectivity index (χ4n) is 1.28. The Morgan fingerprint density at radius 1 is 1.12 bits per heavy atom. The Balaban J connectivity index is 3.93. The summed E-state index contributed by atoms with van der Waals surface area (Å²) in [5.74, 6) is -0.575. The summed E-state index contributed by atoms with van der Waals surface area (Å²) in [7, 11) is 0. The molecule has 0 aromatic carbocycles. The number of esters is 2. The van der Waals surface area contributed by atoms with Crippen molar-refractivity contribution in [2.75, 3.05) is 6.61 Å². The second-order valence-corrected chi connectivity index (χ2v) is 3.96. The van der Waals surface area contributed by atoms with Crippen LogP contribution < -0.4 is 0 Å². The van der Waals surface area contributed by atoms with E-state index in [0.717, 1.165) is 18.6 Å². The summed E-state index contributed by atoms with van der Waals surface area (Å²) < 4.78 is 9.68. The van der Waals surface area contributed by atoms with Gasteiger partial charge in [-0.15, -0.1) is 0 Å². The molecule has 4 heteroatoms. The van der Waals surface area contributed by atoms with Crippen molar-refractivity contribution in [2.45, 2.75) is 40.2 Å². The van der Waals surface area contributed by atoms with Crippen molar-refractivity contribution in [3.05, 3.63) is 12.2 Å². The van der Waals surface area contributed by atoms with Gasteiger partial charge in [0.05, 0.1) is 12.7 Å². The third kappa shape index (κ3) is 8.03. The highest BCUT2D eigenvalue weighted by atomic mass is 16.5. The normalized spacial score (nSPS) is 12.8. The van der Waals surface area contributed by atoms with Gasteiger partial charge in [-0.3, -0.25) is 0 Å². The average Bonchev–Trinajstić information content (AvgIpc) is 2.13. The lowest BCUT2D eigenvalue weighted by molar-refractivity contribution is -0.143. The number of ether oxygens (including phenoxy) is 2. The molecule has 0 aromatic heterocycles. The van der Waals surface area contributed by atoms with Gasteiger partial charge >= 0.3 is 11.9 Å². The predicted octanol–water partition coefficient (Wildman–Crippen LogP) is 2.08. The fourth-order valence-corrected chi connectivity index (χ4v) is 1.28. The van der Waals surface area contributed by atoms with Crippen molar-refractivity contribution in [3.8, 4) is 0 Å². The highest BCUT2D eigenvalue weighted by molar-refractivity contribution is 5.91. The summed E-state index contributed by atoms with van der Waals surface area (Å²) >= 11 is 0. The topological polar surface area (TPSA) is 52.6 Å². The van der Waals surface area contributed by atoms with Gasteiger partial charge in [0.15, 0.2) is 0 Å². The second-order valence-electron chi connectivity index (χ2n) is 3.96. The molecule has 0 bridgehead atoms. The maximum absolute atomic E-state index is 11.2. The van der Waals surface area contributed by atoms with Crippen LogP contribution in [0.15, 0.2) is 12.2 Å². The molecule has 1 atom stereocenters. The molecule has 0 amide bonds. The van der Waals surface area contributed by atoms with Gasteiger partial charge < -0.3 is 9.47 Å². The van der Waals surface area contributed by atoms with E-state index in [9.17, 15) is 9.59 Å². The lowest BCUT2D eigenvalue weighted by Crippen LogP contribution is -2.15. The van der Waals surface area contributed by atoms with Gasteiger partial charge in [-0.25, -0.2) is 9.59 Å². The fraction of sp³-hybridized carbons (Fsp3) is 0.667. The third-order valence-corrected chi connectivity index (χ3v) is 1.76. The standard InChI is InChI=1S/C12H20O4/c1-5-15-11(13)6-7-12(14)16-10(4)8-9(2)3/h6-7,9-10H,5,8H2,1-4H3/b7-6+. The summed E-state index contributed by atoms with van der Waals surface area (Å²) in [5.41, 5.74) is 0. The summed E-state index contributed by atoms with van der Waals surface area (Å²) in [4.78, 5) is 22.1. The second kappa shape index (κ2) is 7.91. The number of rotatable bonds is 6. The van der Waals surface area contributed by atoms with Crippen LogP contribution >= 0.6 is 0 Å². The zero-order chi connectivity index (χ0) is 12.6. The highest BCUT2D eigenvalue weighted by Crippen LogP contribution is 2.07. The zero-order valence-electron chi connectivity index (χ0n) is 10.4. The number of hydrogen-bond donors (Lipinski definition) is 0. The molecule has 0 aromatic rings. The Labute approximate surface area is 96.6 Å². The largest absolute Gasteiger partial charge is 0.463 e. The van der Waals surface area contributed by atoms with Crippen LogP contribution in [0.1, 0.15) is 34.1 Å². The van der Waals surface area contributed by atoms with Crippen molar-refractivity contribution in [3.63, 3.8) is 0 Å². The summed E-state index contributed by atoms with van der Waals surface area (Å²) in [6.07, 6.45) is 2.83. The molecule has 0 aliphatic heterocycles. The van der Waals surface area contributed by atoms with Crippen LogP contribution in [-0.4, -0.2) is 24.6 Å². The van der Waals surface area contributed by atoms with E-state index in [1.54, 1.807) is 6.92 Å². The first-order valence-corrected chi connectivity index (χ1v) is 5.51. The minimum absolute atomic E-state index is 0.139. The zero-order valence-corrected chi connectivity index (χ0v) is 10.4. The van der Waals surface area contributed by atoms with E-state index >= 15 is 0 Å². The average molecular weight is 228 g/mol. The van der Waals surface area contributed by atoms with Crippen LogP contribution in [0.3, 0.4) is 0 Å². The van der Waals surface area contributed by atoms with Gasteiger partial charge in [0.1, 0.15) is 0 Å². The maximum atomic E-state index is 11.2. The maximum Gasteiger partial charge on any atom is 0.331 e. The van der Waals surface area contributed by atoms with E-state index in [1.807, 2.05) is 6.92 Å². The van der Waals surface area contributed by atoms with Crippen LogP contribution in [0.25, 0.3) is 0 Å². The Morgan fingerprint density at radius 3 is 2.19 bits per heavy atom. The van der Waals surface area contributed by atoms with E-state index in [1.165, 1.54) is 0 Å². The monoisotopic (exact) mass is 228 g/mol. The molecule has 1 unspecified atom stereocenters. The van der Waals surface area contributed by atoms with Crippen molar-refractivity contribution in [1.29, 1.82) is 0 Å². The molecular weight excluding hydrogens is 208 g/mol. The van der Waals surface area contributed by atoms with Gasteiger partial charge in [0.25, 0.3) is 0 Å². The number of carbonyl (C=O) groups excluding carboxylic acids is 2. The van der Waals surface area contributed by atoms with Gasteiger partial charge in [0, 0.05) is 12.2 Å². The molecule has 0 aliphatic carbocycles. The van der Waals surface area contributed by atoms with Crippen LogP contribution in [0, 0.1) is 5.92 Å². The molecule has 0 saturated heterocycles. The molecule has 92 valence electrons. The van der Waals surface area contributed by atoms with Gasteiger partial charge in [0.2, 0.25) is 0 Å². The minimum Gasteiger partial charge on any atom is -0.463 e. The summed E-state index contributed by atoms with van der Waals surface area (Å²) in [6.45, 7) is 7.93. The molecule has 0 N–H and O–H groups in total. The molecule has 16 heavy (non-hydrogen) atoms. The first-order valence-electron chi connectivity index (χ1n) is 5.51. The van der Waals surface area contributed by atoms with E-state index in [0.29, 0.717) is 12.5 Å². The van der Waals surface area contributed by atoms with Crippen LogP contribution in [0.4, 0.5) is 0 Å². The number of carbonyl (C=O) groups is 2. The quantitative estimate of drug-likeness (QED) is 0.516. The van der Waals surface area contributed by atoms with Crippen LogP contribution in [-0.2, 0) is 19.1 Å². The molecule has 0 fully saturated rings. The summed E-state index contributed by atoms with van der Waals surface area (Å²) in [5, 5.41) is 0. The van der Waals surface area contributed by atoms with Gasteiger partial charge in [-0.1, -0.05) is 13.8 Å².